The Kier molecular flexibility index (Phi) is 7.18. The Hall–Kier alpha value is -3.26. The van der Waals surface area contributed by atoms with Crippen LogP contribution in [0, 0.1) is 12.8 Å². The molecule has 3 aromatic rings. The van der Waals surface area contributed by atoms with Gasteiger partial charge in [-0.05, 0) is 37.5 Å². The van der Waals surface area contributed by atoms with Crippen molar-refractivity contribution < 1.29 is 31.1 Å². The standard InChI is InChI=1S/C22H25F3N6O4S/c1-14-9-15(10-27-21(14)35-13-22(23,24)25)11-30-12-17-18(29-30)3-6-26-19(17)28-20(32)16-4-7-31(8-5-16)36(2,33)34/h3,6,9-10,12,16H,4-5,7-8,11,13H2,1-2H3,(H,26,28,32). The fraction of sp³-hybridized carbons (Fsp3) is 0.455. The number of nitrogens with zero attached hydrogens (tertiary/aromatic N) is 5. The normalized spacial score (nSPS) is 15.8. The number of halogens is 3. The average molecular weight is 527 g/mol. The molecule has 0 radical (unpaired) electrons. The van der Waals surface area contributed by atoms with Crippen molar-refractivity contribution in [2.45, 2.75) is 32.5 Å². The Morgan fingerprint density at radius 3 is 2.61 bits per heavy atom. The number of hydrogen-bond acceptors (Lipinski definition) is 7. The number of hydrogen-bond donors (Lipinski definition) is 1. The van der Waals surface area contributed by atoms with Crippen molar-refractivity contribution in [1.29, 1.82) is 0 Å². The number of rotatable bonds is 7. The molecule has 0 saturated carbocycles. The lowest BCUT2D eigenvalue weighted by molar-refractivity contribution is -0.154. The molecule has 4 heterocycles. The molecule has 14 heteroatoms. The third-order valence-electron chi connectivity index (χ3n) is 5.82. The number of amides is 1. The van der Waals surface area contributed by atoms with Gasteiger partial charge in [-0.2, -0.15) is 18.3 Å². The molecule has 4 rings (SSSR count). The van der Waals surface area contributed by atoms with Gasteiger partial charge in [-0.25, -0.2) is 22.7 Å². The zero-order chi connectivity index (χ0) is 26.1. The van der Waals surface area contributed by atoms with Gasteiger partial charge < -0.3 is 10.1 Å². The highest BCUT2D eigenvalue weighted by atomic mass is 32.2. The number of carbonyl (C=O) groups is 1. The van der Waals surface area contributed by atoms with Gasteiger partial charge in [-0.3, -0.25) is 9.48 Å². The molecule has 194 valence electrons. The number of aryl methyl sites for hydroxylation is 1. The summed E-state index contributed by atoms with van der Waals surface area (Å²) in [5, 5.41) is 7.95. The summed E-state index contributed by atoms with van der Waals surface area (Å²) in [6.07, 6.45) is 2.22. The Labute approximate surface area is 205 Å². The second-order valence-corrected chi connectivity index (χ2v) is 10.7. The Morgan fingerprint density at radius 2 is 1.97 bits per heavy atom. The molecule has 10 nitrogen and oxygen atoms in total. The number of anilines is 1. The van der Waals surface area contributed by atoms with E-state index in [2.05, 4.69) is 20.4 Å². The van der Waals surface area contributed by atoms with Crippen molar-refractivity contribution in [2.75, 3.05) is 31.3 Å². The van der Waals surface area contributed by atoms with Crippen molar-refractivity contribution in [1.82, 2.24) is 24.1 Å². The van der Waals surface area contributed by atoms with Gasteiger partial charge in [0.25, 0.3) is 0 Å². The van der Waals surface area contributed by atoms with Gasteiger partial charge in [0, 0.05) is 43.2 Å². The lowest BCUT2D eigenvalue weighted by Gasteiger charge is -2.29. The van der Waals surface area contributed by atoms with E-state index in [0.717, 1.165) is 6.26 Å². The summed E-state index contributed by atoms with van der Waals surface area (Å²) in [4.78, 5) is 21.1. The number of nitrogens with one attached hydrogen (secondary N) is 1. The predicted molar refractivity (Wildman–Crippen MR) is 125 cm³/mol. The van der Waals surface area contributed by atoms with Crippen molar-refractivity contribution in [3.05, 3.63) is 41.9 Å². The molecule has 0 bridgehead atoms. The van der Waals surface area contributed by atoms with Crippen LogP contribution in [0.2, 0.25) is 0 Å². The zero-order valence-corrected chi connectivity index (χ0v) is 20.4. The van der Waals surface area contributed by atoms with Crippen LogP contribution in [-0.4, -0.2) is 70.5 Å². The van der Waals surface area contributed by atoms with Crippen LogP contribution in [0.15, 0.2) is 30.7 Å². The third-order valence-corrected chi connectivity index (χ3v) is 7.12. The first kappa shape index (κ1) is 25.8. The number of carbonyl (C=O) groups excluding carboxylic acids is 1. The summed E-state index contributed by atoms with van der Waals surface area (Å²) in [6.45, 7) is 1.07. The first-order chi connectivity index (χ1) is 16.9. The Bertz CT molecular complexity index is 1370. The van der Waals surface area contributed by atoms with Gasteiger partial charge in [0.05, 0.1) is 23.7 Å². The number of ether oxygens (including phenoxy) is 1. The number of aromatic nitrogens is 4. The molecule has 1 aliphatic heterocycles. The lowest BCUT2D eigenvalue weighted by Crippen LogP contribution is -2.40. The molecular formula is C22H25F3N6O4S. The minimum absolute atomic E-state index is 0.0849. The molecule has 0 aromatic carbocycles. The highest BCUT2D eigenvalue weighted by Crippen LogP contribution is 2.25. The maximum atomic E-state index is 12.8. The summed E-state index contributed by atoms with van der Waals surface area (Å²) in [6, 6.07) is 3.37. The predicted octanol–water partition coefficient (Wildman–Crippen LogP) is 2.73. The van der Waals surface area contributed by atoms with Crippen LogP contribution in [0.1, 0.15) is 24.0 Å². The molecule has 1 fully saturated rings. The fourth-order valence-corrected chi connectivity index (χ4v) is 4.91. The van der Waals surface area contributed by atoms with Crippen molar-refractivity contribution in [2.24, 2.45) is 5.92 Å². The van der Waals surface area contributed by atoms with Gasteiger partial charge in [-0.15, -0.1) is 0 Å². The SMILES string of the molecule is Cc1cc(Cn2cc3c(NC(=O)C4CCN(S(C)(=O)=O)CC4)nccc3n2)cnc1OCC(F)(F)F. The molecule has 3 aromatic heterocycles. The molecule has 0 spiro atoms. The molecule has 1 N–H and O–H groups in total. The van der Waals surface area contributed by atoms with E-state index < -0.39 is 22.8 Å². The zero-order valence-electron chi connectivity index (χ0n) is 19.6. The maximum Gasteiger partial charge on any atom is 0.422 e. The highest BCUT2D eigenvalue weighted by Gasteiger charge is 2.30. The fourth-order valence-electron chi connectivity index (χ4n) is 4.04. The monoisotopic (exact) mass is 526 g/mol. The van der Waals surface area contributed by atoms with Crippen LogP contribution in [-0.2, 0) is 21.4 Å². The summed E-state index contributed by atoms with van der Waals surface area (Å²) in [5.74, 6) is -0.301. The quantitative estimate of drug-likeness (QED) is 0.503. The van der Waals surface area contributed by atoms with E-state index in [0.29, 0.717) is 60.3 Å². The van der Waals surface area contributed by atoms with Gasteiger partial charge in [-0.1, -0.05) is 0 Å². The summed E-state index contributed by atoms with van der Waals surface area (Å²) < 4.78 is 68.3. The van der Waals surface area contributed by atoms with Crippen LogP contribution >= 0.6 is 0 Å². The lowest BCUT2D eigenvalue weighted by atomic mass is 9.97. The largest absolute Gasteiger partial charge is 0.468 e. The summed E-state index contributed by atoms with van der Waals surface area (Å²) in [5.41, 5.74) is 1.77. The Balaban J connectivity index is 1.44. The van der Waals surface area contributed by atoms with E-state index in [-0.39, 0.29) is 17.7 Å². The van der Waals surface area contributed by atoms with Gasteiger partial charge >= 0.3 is 6.18 Å². The van der Waals surface area contributed by atoms with E-state index in [4.69, 9.17) is 4.74 Å². The summed E-state index contributed by atoms with van der Waals surface area (Å²) >= 11 is 0. The molecular weight excluding hydrogens is 501 g/mol. The third kappa shape index (κ3) is 6.29. The van der Waals surface area contributed by atoms with Crippen LogP contribution < -0.4 is 10.1 Å². The molecule has 1 aliphatic rings. The first-order valence-electron chi connectivity index (χ1n) is 11.1. The van der Waals surface area contributed by atoms with Gasteiger partial charge in [0.1, 0.15) is 5.82 Å². The van der Waals surface area contributed by atoms with E-state index in [1.807, 2.05) is 0 Å². The van der Waals surface area contributed by atoms with Crippen LogP contribution in [0.5, 0.6) is 5.88 Å². The van der Waals surface area contributed by atoms with Crippen LogP contribution in [0.3, 0.4) is 0 Å². The van der Waals surface area contributed by atoms with Crippen LogP contribution in [0.25, 0.3) is 10.9 Å². The van der Waals surface area contributed by atoms with E-state index in [1.165, 1.54) is 16.7 Å². The van der Waals surface area contributed by atoms with E-state index >= 15 is 0 Å². The number of sulfonamides is 1. The second kappa shape index (κ2) is 10.0. The molecule has 0 atom stereocenters. The summed E-state index contributed by atoms with van der Waals surface area (Å²) in [7, 11) is -3.28. The van der Waals surface area contributed by atoms with Gasteiger partial charge in [0.2, 0.25) is 21.8 Å². The number of pyridine rings is 2. The average Bonchev–Trinajstić information content (AvgIpc) is 3.21. The molecule has 0 unspecified atom stereocenters. The molecule has 1 saturated heterocycles. The minimum atomic E-state index is -4.45. The first-order valence-corrected chi connectivity index (χ1v) is 13.0. The van der Waals surface area contributed by atoms with Crippen molar-refractivity contribution in [3.8, 4) is 5.88 Å². The number of alkyl halides is 3. The topological polar surface area (TPSA) is 119 Å². The van der Waals surface area contributed by atoms with Gasteiger partial charge in [0.15, 0.2) is 6.61 Å². The van der Waals surface area contributed by atoms with E-state index in [1.54, 1.807) is 29.9 Å². The number of fused-ring (bicyclic) bond motifs is 1. The van der Waals surface area contributed by atoms with Crippen molar-refractivity contribution in [3.63, 3.8) is 0 Å². The van der Waals surface area contributed by atoms with E-state index in [9.17, 15) is 26.4 Å². The Morgan fingerprint density at radius 1 is 1.25 bits per heavy atom. The molecule has 1 amide bonds. The minimum Gasteiger partial charge on any atom is -0.468 e. The number of piperidine rings is 1. The molecule has 36 heavy (non-hydrogen) atoms. The second-order valence-electron chi connectivity index (χ2n) is 8.71. The van der Waals surface area contributed by atoms with Crippen molar-refractivity contribution >= 4 is 32.7 Å². The maximum absolute atomic E-state index is 12.8. The van der Waals surface area contributed by atoms with Crippen LogP contribution in [0.4, 0.5) is 19.0 Å². The highest BCUT2D eigenvalue weighted by molar-refractivity contribution is 7.88. The smallest absolute Gasteiger partial charge is 0.422 e. The molecule has 0 aliphatic carbocycles.